The van der Waals surface area contributed by atoms with Crippen molar-refractivity contribution in [1.82, 2.24) is 0 Å². The molecule has 7 nitrogen and oxygen atoms in total. The first-order valence-electron chi connectivity index (χ1n) is 9.18. The normalized spacial score (nSPS) is 15.8. The van der Waals surface area contributed by atoms with Crippen LogP contribution in [0.5, 0.6) is 0 Å². The number of amides is 1. The predicted molar refractivity (Wildman–Crippen MR) is 107 cm³/mol. The van der Waals surface area contributed by atoms with Gasteiger partial charge in [-0.05, 0) is 50.7 Å². The molecule has 1 amide bonds. The van der Waals surface area contributed by atoms with E-state index in [9.17, 15) is 19.7 Å². The Morgan fingerprint density at radius 3 is 2.71 bits per heavy atom. The number of benzene rings is 1. The maximum absolute atomic E-state index is 12.8. The molecule has 1 aromatic carbocycles. The van der Waals surface area contributed by atoms with Gasteiger partial charge in [0.15, 0.2) is 0 Å². The maximum Gasteiger partial charge on any atom is 0.341 e. The Labute approximate surface area is 166 Å². The van der Waals surface area contributed by atoms with Gasteiger partial charge in [-0.1, -0.05) is 19.1 Å². The summed E-state index contributed by atoms with van der Waals surface area (Å²) in [6.07, 6.45) is 2.26. The van der Waals surface area contributed by atoms with Crippen molar-refractivity contribution in [2.75, 3.05) is 5.32 Å². The lowest BCUT2D eigenvalue weighted by Crippen LogP contribution is -2.19. The zero-order chi connectivity index (χ0) is 20.4. The number of hydrogen-bond donors (Lipinski definition) is 1. The van der Waals surface area contributed by atoms with Gasteiger partial charge in [-0.15, -0.1) is 11.3 Å². The van der Waals surface area contributed by atoms with Crippen LogP contribution in [0, 0.1) is 16.0 Å². The van der Waals surface area contributed by atoms with Gasteiger partial charge in [0.1, 0.15) is 10.6 Å². The minimum atomic E-state index is -0.613. The number of thiophene rings is 1. The number of nitro groups is 1. The summed E-state index contributed by atoms with van der Waals surface area (Å²) in [6, 6.07) is 5.75. The number of fused-ring (bicyclic) bond motifs is 1. The van der Waals surface area contributed by atoms with Crippen LogP contribution in [0.1, 0.15) is 58.3 Å². The third-order valence-electron chi connectivity index (χ3n) is 4.63. The van der Waals surface area contributed by atoms with E-state index in [0.29, 0.717) is 16.5 Å². The standard InChI is InChI=1S/C20H22N2O5S/c1-11(2)27-20(24)17-14-9-8-12(3)10-16(14)28-19(17)21-18(23)13-6-4-5-7-15(13)22(25)26/h4-7,11-12H,8-10H2,1-3H3,(H,21,23)/t12-/m1/s1. The van der Waals surface area contributed by atoms with Crippen LogP contribution < -0.4 is 5.32 Å². The van der Waals surface area contributed by atoms with Crippen LogP contribution in [0.15, 0.2) is 24.3 Å². The van der Waals surface area contributed by atoms with E-state index < -0.39 is 16.8 Å². The Morgan fingerprint density at radius 1 is 1.32 bits per heavy atom. The quantitative estimate of drug-likeness (QED) is 0.448. The van der Waals surface area contributed by atoms with Gasteiger partial charge in [0.05, 0.1) is 16.6 Å². The summed E-state index contributed by atoms with van der Waals surface area (Å²) in [6.45, 7) is 5.69. The summed E-state index contributed by atoms with van der Waals surface area (Å²) in [5.74, 6) is -0.587. The number of esters is 1. The summed E-state index contributed by atoms with van der Waals surface area (Å²) in [5, 5.41) is 14.3. The number of nitrogens with zero attached hydrogens (tertiary/aromatic N) is 1. The van der Waals surface area contributed by atoms with Crippen LogP contribution in [0.4, 0.5) is 10.7 Å². The van der Waals surface area contributed by atoms with Gasteiger partial charge < -0.3 is 10.1 Å². The monoisotopic (exact) mass is 402 g/mol. The molecule has 1 N–H and O–H groups in total. The Kier molecular flexibility index (Phi) is 5.79. The zero-order valence-corrected chi connectivity index (χ0v) is 16.8. The lowest BCUT2D eigenvalue weighted by molar-refractivity contribution is -0.385. The topological polar surface area (TPSA) is 98.5 Å². The SMILES string of the molecule is CC(C)OC(=O)c1c(NC(=O)c2ccccc2[N+](=O)[O-])sc2c1CC[C@@H](C)C2. The molecule has 8 heteroatoms. The molecular weight excluding hydrogens is 380 g/mol. The third-order valence-corrected chi connectivity index (χ3v) is 5.80. The molecule has 3 rings (SSSR count). The number of carbonyl (C=O) groups excluding carboxylic acids is 2. The molecule has 28 heavy (non-hydrogen) atoms. The van der Waals surface area contributed by atoms with Crippen LogP contribution in [0.2, 0.25) is 0 Å². The summed E-state index contributed by atoms with van der Waals surface area (Å²) in [7, 11) is 0. The van der Waals surface area contributed by atoms with E-state index in [2.05, 4.69) is 12.2 Å². The molecule has 1 atom stereocenters. The van der Waals surface area contributed by atoms with E-state index in [1.807, 2.05) is 0 Å². The first-order chi connectivity index (χ1) is 13.3. The minimum Gasteiger partial charge on any atom is -0.459 e. The number of nitro benzene ring substituents is 1. The van der Waals surface area contributed by atoms with E-state index in [0.717, 1.165) is 29.7 Å². The zero-order valence-electron chi connectivity index (χ0n) is 16.0. The molecule has 0 unspecified atom stereocenters. The first-order valence-corrected chi connectivity index (χ1v) is 9.99. The van der Waals surface area contributed by atoms with Gasteiger partial charge >= 0.3 is 5.97 Å². The number of hydrogen-bond acceptors (Lipinski definition) is 6. The third kappa shape index (κ3) is 4.06. The summed E-state index contributed by atoms with van der Waals surface area (Å²) in [5.41, 5.74) is 0.982. The maximum atomic E-state index is 12.8. The molecule has 2 aromatic rings. The molecule has 1 aliphatic carbocycles. The number of ether oxygens (including phenoxy) is 1. The first kappa shape index (κ1) is 20.0. The van der Waals surface area contributed by atoms with Crippen molar-refractivity contribution in [3.05, 3.63) is 55.9 Å². The van der Waals surface area contributed by atoms with Crippen LogP contribution in [-0.2, 0) is 17.6 Å². The summed E-state index contributed by atoms with van der Waals surface area (Å²) >= 11 is 1.36. The fourth-order valence-electron chi connectivity index (χ4n) is 3.32. The Hall–Kier alpha value is -2.74. The van der Waals surface area contributed by atoms with Crippen molar-refractivity contribution in [2.45, 2.75) is 46.1 Å². The second-order valence-electron chi connectivity index (χ2n) is 7.24. The van der Waals surface area contributed by atoms with E-state index in [4.69, 9.17) is 4.74 Å². The minimum absolute atomic E-state index is 0.0459. The smallest absolute Gasteiger partial charge is 0.341 e. The fourth-order valence-corrected chi connectivity index (χ4v) is 4.72. The van der Waals surface area contributed by atoms with Crippen molar-refractivity contribution >= 4 is 33.9 Å². The van der Waals surface area contributed by atoms with Crippen LogP contribution in [0.3, 0.4) is 0 Å². The highest BCUT2D eigenvalue weighted by Gasteiger charge is 2.30. The van der Waals surface area contributed by atoms with Gasteiger partial charge in [-0.25, -0.2) is 4.79 Å². The van der Waals surface area contributed by atoms with Gasteiger partial charge in [0.25, 0.3) is 11.6 Å². The summed E-state index contributed by atoms with van der Waals surface area (Å²) < 4.78 is 5.39. The van der Waals surface area contributed by atoms with Crippen molar-refractivity contribution in [1.29, 1.82) is 0 Å². The Bertz CT molecular complexity index is 935. The average Bonchev–Trinajstić information content (AvgIpc) is 2.97. The molecule has 0 bridgehead atoms. The Balaban J connectivity index is 1.99. The van der Waals surface area contributed by atoms with E-state index in [-0.39, 0.29) is 17.4 Å². The van der Waals surface area contributed by atoms with Gasteiger partial charge in [-0.3, -0.25) is 14.9 Å². The van der Waals surface area contributed by atoms with Gasteiger partial charge in [-0.2, -0.15) is 0 Å². The lowest BCUT2D eigenvalue weighted by Gasteiger charge is -2.18. The van der Waals surface area contributed by atoms with Crippen molar-refractivity contribution in [3.8, 4) is 0 Å². The highest BCUT2D eigenvalue weighted by molar-refractivity contribution is 7.17. The Morgan fingerprint density at radius 2 is 2.04 bits per heavy atom. The van der Waals surface area contributed by atoms with Crippen molar-refractivity contribution in [3.63, 3.8) is 0 Å². The molecule has 0 fully saturated rings. The average molecular weight is 402 g/mol. The van der Waals surface area contributed by atoms with Crippen LogP contribution in [0.25, 0.3) is 0 Å². The lowest BCUT2D eigenvalue weighted by atomic mass is 9.88. The molecule has 148 valence electrons. The van der Waals surface area contributed by atoms with E-state index in [1.54, 1.807) is 19.9 Å². The molecule has 0 radical (unpaired) electrons. The van der Waals surface area contributed by atoms with Crippen molar-refractivity contribution < 1.29 is 19.2 Å². The highest BCUT2D eigenvalue weighted by Crippen LogP contribution is 2.40. The number of rotatable bonds is 5. The molecule has 0 saturated carbocycles. The molecule has 0 aliphatic heterocycles. The second-order valence-corrected chi connectivity index (χ2v) is 8.34. The number of nitrogens with one attached hydrogen (secondary N) is 1. The molecule has 0 saturated heterocycles. The summed E-state index contributed by atoms with van der Waals surface area (Å²) in [4.78, 5) is 37.2. The van der Waals surface area contributed by atoms with E-state index >= 15 is 0 Å². The molecule has 1 aliphatic rings. The van der Waals surface area contributed by atoms with Crippen LogP contribution in [-0.4, -0.2) is 22.9 Å². The number of anilines is 1. The predicted octanol–water partition coefficient (Wildman–Crippen LogP) is 4.60. The number of para-hydroxylation sites is 1. The molecule has 1 aromatic heterocycles. The van der Waals surface area contributed by atoms with E-state index in [1.165, 1.54) is 29.5 Å². The van der Waals surface area contributed by atoms with Crippen LogP contribution >= 0.6 is 11.3 Å². The molecular formula is C20H22N2O5S. The van der Waals surface area contributed by atoms with Gasteiger partial charge in [0, 0.05) is 10.9 Å². The van der Waals surface area contributed by atoms with Gasteiger partial charge in [0.2, 0.25) is 0 Å². The highest BCUT2D eigenvalue weighted by atomic mass is 32.1. The largest absolute Gasteiger partial charge is 0.459 e. The molecule has 1 heterocycles. The molecule has 0 spiro atoms. The second kappa shape index (κ2) is 8.10. The van der Waals surface area contributed by atoms with Crippen molar-refractivity contribution in [2.24, 2.45) is 5.92 Å². The number of carbonyl (C=O) groups is 2. The fraction of sp³-hybridized carbons (Fsp3) is 0.400.